The van der Waals surface area contributed by atoms with Crippen LogP contribution >= 0.6 is 0 Å². The standard InChI is InChI=1S/C22H22O7.Na/c1-2-6-14-7-3-4-8-17(14)27-12-15(23)13-28-18-9-5-10-19-21(18)16(24)11-20(29-19)22(25)26;/h3-5,7-11,15,23H,2,6,12-13H2,1H3,(H,25,26);. The third-order valence-electron chi connectivity index (χ3n) is 4.28. The Bertz CT molecular complexity index is 1060. The Kier molecular flexibility index (Phi) is 8.92. The predicted molar refractivity (Wildman–Crippen MR) is 113 cm³/mol. The maximum atomic E-state index is 12.3. The first kappa shape index (κ1) is 24.0. The van der Waals surface area contributed by atoms with Gasteiger partial charge < -0.3 is 24.1 Å². The first-order valence-corrected chi connectivity index (χ1v) is 9.31. The predicted octanol–water partition coefficient (Wildman–Crippen LogP) is 2.88. The van der Waals surface area contributed by atoms with Crippen molar-refractivity contribution in [3.05, 3.63) is 70.1 Å². The molecule has 7 nitrogen and oxygen atoms in total. The number of rotatable bonds is 9. The van der Waals surface area contributed by atoms with Crippen LogP contribution in [0.2, 0.25) is 0 Å². The van der Waals surface area contributed by atoms with Gasteiger partial charge in [0.25, 0.3) is 0 Å². The summed E-state index contributed by atoms with van der Waals surface area (Å²) in [6, 6.07) is 13.2. The van der Waals surface area contributed by atoms with Crippen LogP contribution < -0.4 is 14.9 Å². The number of carbonyl (C=O) groups is 1. The summed E-state index contributed by atoms with van der Waals surface area (Å²) in [6.07, 6.45) is 0.942. The quantitative estimate of drug-likeness (QED) is 0.512. The third-order valence-corrected chi connectivity index (χ3v) is 4.28. The van der Waals surface area contributed by atoms with Crippen LogP contribution in [-0.2, 0) is 6.42 Å². The fourth-order valence-electron chi connectivity index (χ4n) is 2.94. The summed E-state index contributed by atoms with van der Waals surface area (Å²) >= 11 is 0. The number of ether oxygens (including phenoxy) is 2. The molecule has 0 amide bonds. The van der Waals surface area contributed by atoms with Gasteiger partial charge >= 0.3 is 5.97 Å². The average molecular weight is 421 g/mol. The number of carboxylic acid groups (broad SMARTS) is 1. The van der Waals surface area contributed by atoms with E-state index >= 15 is 0 Å². The summed E-state index contributed by atoms with van der Waals surface area (Å²) in [5.74, 6) is -0.843. The van der Waals surface area contributed by atoms with Crippen LogP contribution in [0, 0.1) is 0 Å². The van der Waals surface area contributed by atoms with Gasteiger partial charge in [0.2, 0.25) is 5.76 Å². The molecule has 2 aromatic carbocycles. The molecule has 0 bridgehead atoms. The number of aliphatic hydroxyl groups is 1. The Balaban J connectivity index is 0.00000320. The minimum atomic E-state index is -1.33. The summed E-state index contributed by atoms with van der Waals surface area (Å²) in [6.45, 7) is 2.01. The summed E-state index contributed by atoms with van der Waals surface area (Å²) in [5, 5.41) is 19.4. The topological polar surface area (TPSA) is 106 Å². The molecule has 2 N–H and O–H groups in total. The van der Waals surface area contributed by atoms with E-state index in [1.165, 1.54) is 6.07 Å². The van der Waals surface area contributed by atoms with Crippen LogP contribution in [0.4, 0.5) is 0 Å². The maximum Gasteiger partial charge on any atom is 0.371 e. The van der Waals surface area contributed by atoms with Crippen LogP contribution in [0.3, 0.4) is 0 Å². The van der Waals surface area contributed by atoms with Gasteiger partial charge in [-0.15, -0.1) is 0 Å². The zero-order valence-corrected chi connectivity index (χ0v) is 19.0. The average Bonchev–Trinajstić information content (AvgIpc) is 2.71. The van der Waals surface area contributed by atoms with Crippen LogP contribution in [0.15, 0.2) is 57.7 Å². The molecule has 0 aliphatic rings. The van der Waals surface area contributed by atoms with E-state index in [1.54, 1.807) is 12.1 Å². The fraction of sp³-hybridized carbons (Fsp3) is 0.273. The minimum Gasteiger partial charge on any atom is -0.490 e. The van der Waals surface area contributed by atoms with Crippen molar-refractivity contribution in [1.82, 2.24) is 0 Å². The van der Waals surface area contributed by atoms with E-state index < -0.39 is 23.3 Å². The summed E-state index contributed by atoms with van der Waals surface area (Å²) in [7, 11) is 0. The van der Waals surface area contributed by atoms with Gasteiger partial charge in [-0.1, -0.05) is 37.6 Å². The number of para-hydroxylation sites is 1. The molecule has 0 saturated heterocycles. The number of hydrogen-bond acceptors (Lipinski definition) is 6. The number of aromatic carboxylic acids is 1. The van der Waals surface area contributed by atoms with Crippen LogP contribution in [0.5, 0.6) is 11.5 Å². The Morgan fingerprint density at radius 1 is 1.07 bits per heavy atom. The Morgan fingerprint density at radius 3 is 2.43 bits per heavy atom. The normalized spacial score (nSPS) is 11.5. The van der Waals surface area contributed by atoms with Crippen LogP contribution in [0.1, 0.15) is 29.5 Å². The van der Waals surface area contributed by atoms with E-state index in [0.29, 0.717) is 0 Å². The number of hydrogen-bond donors (Lipinski definition) is 2. The van der Waals surface area contributed by atoms with Crippen molar-refractivity contribution in [2.75, 3.05) is 13.2 Å². The molecule has 0 fully saturated rings. The van der Waals surface area contributed by atoms with Crippen molar-refractivity contribution in [1.29, 1.82) is 0 Å². The maximum absolute atomic E-state index is 12.3. The Labute approximate surface area is 195 Å². The summed E-state index contributed by atoms with van der Waals surface area (Å²) in [4.78, 5) is 23.3. The van der Waals surface area contributed by atoms with Crippen LogP contribution in [0.25, 0.3) is 11.0 Å². The van der Waals surface area contributed by atoms with E-state index in [2.05, 4.69) is 6.92 Å². The smallest absolute Gasteiger partial charge is 0.371 e. The SMILES string of the molecule is CCCc1ccccc1OCC(O)COc1cccc2oc(C(=O)O)cc(=O)c12.[Na]. The van der Waals surface area contributed by atoms with E-state index in [4.69, 9.17) is 19.0 Å². The second-order valence-corrected chi connectivity index (χ2v) is 6.54. The van der Waals surface area contributed by atoms with E-state index in [0.717, 1.165) is 30.2 Å². The van der Waals surface area contributed by atoms with Crippen molar-refractivity contribution in [2.45, 2.75) is 25.9 Å². The first-order chi connectivity index (χ1) is 14.0. The van der Waals surface area contributed by atoms with Gasteiger partial charge in [-0.05, 0) is 30.2 Å². The molecular weight excluding hydrogens is 399 g/mol. The van der Waals surface area contributed by atoms with E-state index in [9.17, 15) is 14.7 Å². The number of aryl methyl sites for hydroxylation is 1. The molecule has 0 aliphatic heterocycles. The van der Waals surface area contributed by atoms with Crippen molar-refractivity contribution >= 4 is 46.5 Å². The summed E-state index contributed by atoms with van der Waals surface area (Å²) < 4.78 is 16.5. The molecule has 153 valence electrons. The molecule has 1 heterocycles. The summed E-state index contributed by atoms with van der Waals surface area (Å²) in [5.41, 5.74) is 0.647. The number of benzene rings is 2. The van der Waals surface area contributed by atoms with Gasteiger partial charge in [-0.2, -0.15) is 0 Å². The molecule has 0 spiro atoms. The second kappa shape index (κ2) is 11.2. The van der Waals surface area contributed by atoms with Gasteiger partial charge in [-0.3, -0.25) is 4.79 Å². The van der Waals surface area contributed by atoms with Crippen molar-refractivity contribution < 1.29 is 28.9 Å². The minimum absolute atomic E-state index is 0. The van der Waals surface area contributed by atoms with Gasteiger partial charge in [0.15, 0.2) is 5.43 Å². The third kappa shape index (κ3) is 5.86. The van der Waals surface area contributed by atoms with Gasteiger partial charge in [0.05, 0.1) is 0 Å². The zero-order chi connectivity index (χ0) is 20.8. The van der Waals surface area contributed by atoms with Crippen molar-refractivity contribution in [3.8, 4) is 11.5 Å². The zero-order valence-electron chi connectivity index (χ0n) is 17.0. The molecule has 1 unspecified atom stereocenters. The molecule has 0 saturated carbocycles. The van der Waals surface area contributed by atoms with Gasteiger partial charge in [-0.25, -0.2) is 4.79 Å². The fourth-order valence-corrected chi connectivity index (χ4v) is 2.94. The van der Waals surface area contributed by atoms with Crippen LogP contribution in [-0.4, -0.2) is 65.1 Å². The largest absolute Gasteiger partial charge is 0.490 e. The number of fused-ring (bicyclic) bond motifs is 1. The molecule has 1 radical (unpaired) electrons. The van der Waals surface area contributed by atoms with E-state index in [-0.39, 0.29) is 59.5 Å². The van der Waals surface area contributed by atoms with Gasteiger partial charge in [0.1, 0.15) is 41.8 Å². The molecule has 30 heavy (non-hydrogen) atoms. The molecular formula is C22H22NaO7. The van der Waals surface area contributed by atoms with Gasteiger partial charge in [0, 0.05) is 35.6 Å². The van der Waals surface area contributed by atoms with Crippen molar-refractivity contribution in [3.63, 3.8) is 0 Å². The first-order valence-electron chi connectivity index (χ1n) is 9.31. The van der Waals surface area contributed by atoms with E-state index in [1.807, 2.05) is 24.3 Å². The number of aliphatic hydroxyl groups excluding tert-OH is 1. The number of carboxylic acids is 1. The molecule has 8 heteroatoms. The molecule has 0 aliphatic carbocycles. The molecule has 3 aromatic rings. The molecule has 1 atom stereocenters. The molecule has 3 rings (SSSR count). The second-order valence-electron chi connectivity index (χ2n) is 6.54. The monoisotopic (exact) mass is 421 g/mol. The Morgan fingerprint density at radius 2 is 1.73 bits per heavy atom. The molecule has 1 aromatic heterocycles. The van der Waals surface area contributed by atoms with Crippen molar-refractivity contribution in [2.24, 2.45) is 0 Å². The Hall–Kier alpha value is -2.32.